The summed E-state index contributed by atoms with van der Waals surface area (Å²) in [5.74, 6) is 1.57. The molecule has 80 valence electrons. The van der Waals surface area contributed by atoms with E-state index in [4.69, 9.17) is 0 Å². The zero-order valence-electron chi connectivity index (χ0n) is 9.30. The molecule has 1 saturated carbocycles. The Hall–Kier alpha value is -0.590. The second-order valence-electron chi connectivity index (χ2n) is 4.48. The van der Waals surface area contributed by atoms with Crippen LogP contribution in [0, 0.1) is 11.8 Å². The van der Waals surface area contributed by atoms with Crippen LogP contribution in [-0.2, 0) is 4.79 Å². The van der Waals surface area contributed by atoms with Gasteiger partial charge in [-0.3, -0.25) is 4.79 Å². The predicted molar refractivity (Wildman–Crippen MR) is 60.2 cm³/mol. The van der Waals surface area contributed by atoms with E-state index in [2.05, 4.69) is 13.5 Å². The van der Waals surface area contributed by atoms with Gasteiger partial charge in [0.25, 0.3) is 0 Å². The number of carbonyl (C=O) groups is 1. The molecule has 1 aliphatic rings. The molecule has 0 bridgehead atoms. The van der Waals surface area contributed by atoms with Crippen LogP contribution in [0.2, 0.25) is 0 Å². The maximum absolute atomic E-state index is 11.6. The predicted octanol–water partition coefficient (Wildman–Crippen LogP) is 3.74. The first kappa shape index (κ1) is 11.5. The monoisotopic (exact) mass is 194 g/mol. The minimum Gasteiger partial charge on any atom is -0.299 e. The van der Waals surface area contributed by atoms with E-state index in [1.807, 2.05) is 6.08 Å². The van der Waals surface area contributed by atoms with Gasteiger partial charge < -0.3 is 0 Å². The number of Topliss-reactive ketones (excluding diaryl/α,β-unsaturated/α-hetero) is 1. The summed E-state index contributed by atoms with van der Waals surface area (Å²) < 4.78 is 0. The fraction of sp³-hybridized carbons (Fsp3) is 0.769. The van der Waals surface area contributed by atoms with E-state index in [1.165, 1.54) is 25.7 Å². The van der Waals surface area contributed by atoms with E-state index < -0.39 is 0 Å². The van der Waals surface area contributed by atoms with Gasteiger partial charge in [-0.05, 0) is 38.0 Å². The van der Waals surface area contributed by atoms with E-state index >= 15 is 0 Å². The lowest BCUT2D eigenvalue weighted by Gasteiger charge is -2.07. The Morgan fingerprint density at radius 3 is 2.71 bits per heavy atom. The van der Waals surface area contributed by atoms with Crippen molar-refractivity contribution in [1.29, 1.82) is 0 Å². The smallest absolute Gasteiger partial charge is 0.135 e. The van der Waals surface area contributed by atoms with E-state index in [1.54, 1.807) is 0 Å². The van der Waals surface area contributed by atoms with Crippen molar-refractivity contribution in [2.45, 2.75) is 51.9 Å². The van der Waals surface area contributed by atoms with Gasteiger partial charge in [-0.25, -0.2) is 0 Å². The van der Waals surface area contributed by atoms with E-state index in [9.17, 15) is 4.79 Å². The first-order valence-electron chi connectivity index (χ1n) is 5.89. The van der Waals surface area contributed by atoms with Gasteiger partial charge in [0.1, 0.15) is 5.78 Å². The standard InChI is InChI=1S/C13H22O/c1-3-4-5-6-7-8-13(14)11(2)12-9-10-12/h3,11-12H,1,4-10H2,2H3. The van der Waals surface area contributed by atoms with Crippen LogP contribution in [0.1, 0.15) is 51.9 Å². The highest BCUT2D eigenvalue weighted by Crippen LogP contribution is 2.37. The first-order valence-corrected chi connectivity index (χ1v) is 5.89. The van der Waals surface area contributed by atoms with E-state index in [-0.39, 0.29) is 0 Å². The van der Waals surface area contributed by atoms with Crippen LogP contribution in [0.3, 0.4) is 0 Å². The highest BCUT2D eigenvalue weighted by atomic mass is 16.1. The normalized spacial score (nSPS) is 17.8. The molecule has 1 rings (SSSR count). The second-order valence-corrected chi connectivity index (χ2v) is 4.48. The molecule has 0 saturated heterocycles. The number of hydrogen-bond acceptors (Lipinski definition) is 1. The van der Waals surface area contributed by atoms with Gasteiger partial charge in [-0.1, -0.05) is 19.4 Å². The Morgan fingerprint density at radius 1 is 1.43 bits per heavy atom. The molecule has 0 aromatic heterocycles. The van der Waals surface area contributed by atoms with Crippen molar-refractivity contribution in [1.82, 2.24) is 0 Å². The summed E-state index contributed by atoms with van der Waals surface area (Å²) in [6.07, 6.45) is 9.84. The van der Waals surface area contributed by atoms with Crippen LogP contribution in [-0.4, -0.2) is 5.78 Å². The number of allylic oxidation sites excluding steroid dienone is 1. The van der Waals surface area contributed by atoms with Gasteiger partial charge in [-0.15, -0.1) is 6.58 Å². The molecule has 0 aliphatic heterocycles. The molecule has 0 N–H and O–H groups in total. The molecule has 14 heavy (non-hydrogen) atoms. The number of unbranched alkanes of at least 4 members (excludes halogenated alkanes) is 3. The largest absolute Gasteiger partial charge is 0.299 e. The summed E-state index contributed by atoms with van der Waals surface area (Å²) >= 11 is 0. The van der Waals surface area contributed by atoms with Crippen molar-refractivity contribution in [3.8, 4) is 0 Å². The number of hydrogen-bond donors (Lipinski definition) is 0. The Labute approximate surface area is 87.6 Å². The van der Waals surface area contributed by atoms with Crippen LogP contribution in [0.5, 0.6) is 0 Å². The molecule has 0 radical (unpaired) electrons. The highest BCUT2D eigenvalue weighted by Gasteiger charge is 2.31. The maximum Gasteiger partial charge on any atom is 0.135 e. The molecule has 1 aliphatic carbocycles. The zero-order chi connectivity index (χ0) is 10.4. The van der Waals surface area contributed by atoms with Gasteiger partial charge in [0, 0.05) is 12.3 Å². The number of ketones is 1. The molecule has 0 spiro atoms. The van der Waals surface area contributed by atoms with Crippen molar-refractivity contribution < 1.29 is 4.79 Å². The van der Waals surface area contributed by atoms with Gasteiger partial charge >= 0.3 is 0 Å². The molecule has 1 atom stereocenters. The third-order valence-corrected chi connectivity index (χ3v) is 3.17. The van der Waals surface area contributed by atoms with Crippen LogP contribution in [0.4, 0.5) is 0 Å². The average Bonchev–Trinajstić information content (AvgIpc) is 2.99. The Bertz CT molecular complexity index is 191. The van der Waals surface area contributed by atoms with E-state index in [0.29, 0.717) is 11.7 Å². The SMILES string of the molecule is C=CCCCCCC(=O)C(C)C1CC1. The summed E-state index contributed by atoms with van der Waals surface area (Å²) in [6, 6.07) is 0. The lowest BCUT2D eigenvalue weighted by Crippen LogP contribution is -2.12. The molecule has 1 nitrogen and oxygen atoms in total. The molecule has 0 aromatic carbocycles. The lowest BCUT2D eigenvalue weighted by molar-refractivity contribution is -0.123. The van der Waals surface area contributed by atoms with Crippen molar-refractivity contribution >= 4 is 5.78 Å². The van der Waals surface area contributed by atoms with Gasteiger partial charge in [0.15, 0.2) is 0 Å². The van der Waals surface area contributed by atoms with Crippen LogP contribution >= 0.6 is 0 Å². The average molecular weight is 194 g/mol. The van der Waals surface area contributed by atoms with Gasteiger partial charge in [-0.2, -0.15) is 0 Å². The fourth-order valence-corrected chi connectivity index (χ4v) is 1.85. The summed E-state index contributed by atoms with van der Waals surface area (Å²) in [7, 11) is 0. The number of carbonyl (C=O) groups excluding carboxylic acids is 1. The molecule has 0 aromatic rings. The third kappa shape index (κ3) is 4.08. The second kappa shape index (κ2) is 6.00. The minimum absolute atomic E-state index is 0.342. The molecule has 0 amide bonds. The Kier molecular flexibility index (Phi) is 4.92. The summed E-state index contributed by atoms with van der Waals surface area (Å²) in [5, 5.41) is 0. The zero-order valence-corrected chi connectivity index (χ0v) is 9.30. The molecule has 1 fully saturated rings. The minimum atomic E-state index is 0.342. The fourth-order valence-electron chi connectivity index (χ4n) is 1.85. The van der Waals surface area contributed by atoms with Crippen LogP contribution in [0.15, 0.2) is 12.7 Å². The van der Waals surface area contributed by atoms with Crippen LogP contribution in [0.25, 0.3) is 0 Å². The van der Waals surface area contributed by atoms with Gasteiger partial charge in [0.05, 0.1) is 0 Å². The molecule has 0 heterocycles. The van der Waals surface area contributed by atoms with Crippen molar-refractivity contribution in [2.75, 3.05) is 0 Å². The van der Waals surface area contributed by atoms with Crippen molar-refractivity contribution in [3.63, 3.8) is 0 Å². The summed E-state index contributed by atoms with van der Waals surface area (Å²) in [4.78, 5) is 11.6. The maximum atomic E-state index is 11.6. The van der Waals surface area contributed by atoms with Crippen molar-refractivity contribution in [3.05, 3.63) is 12.7 Å². The van der Waals surface area contributed by atoms with E-state index in [0.717, 1.165) is 25.2 Å². The quantitative estimate of drug-likeness (QED) is 0.425. The Morgan fingerprint density at radius 2 is 2.14 bits per heavy atom. The summed E-state index contributed by atoms with van der Waals surface area (Å²) in [6.45, 7) is 5.79. The molecule has 1 heteroatoms. The lowest BCUT2D eigenvalue weighted by atomic mass is 9.96. The molecular weight excluding hydrogens is 172 g/mol. The summed E-state index contributed by atoms with van der Waals surface area (Å²) in [5.41, 5.74) is 0. The number of rotatable bonds is 8. The topological polar surface area (TPSA) is 17.1 Å². The third-order valence-electron chi connectivity index (χ3n) is 3.17. The van der Waals surface area contributed by atoms with Gasteiger partial charge in [0.2, 0.25) is 0 Å². The highest BCUT2D eigenvalue weighted by molar-refractivity contribution is 5.81. The molecular formula is C13H22O. The van der Waals surface area contributed by atoms with Crippen LogP contribution < -0.4 is 0 Å². The molecule has 1 unspecified atom stereocenters. The van der Waals surface area contributed by atoms with Crippen molar-refractivity contribution in [2.24, 2.45) is 11.8 Å². The first-order chi connectivity index (χ1) is 6.75. The Balaban J connectivity index is 1.99.